The van der Waals surface area contributed by atoms with Crippen molar-refractivity contribution in [3.63, 3.8) is 0 Å². The van der Waals surface area contributed by atoms with Crippen molar-refractivity contribution in [1.29, 1.82) is 0 Å². The zero-order valence-electron chi connectivity index (χ0n) is 26.1. The summed E-state index contributed by atoms with van der Waals surface area (Å²) in [4.78, 5) is 67.6. The standard InChI is InChI=1S/C41H26N2O5/c1-21-7-3-5-9-23(21)19-42-38(45)33-15-25-11-29-30-12-26-16-34-36(41(48)43(39(34)46)20-24-10-6-4-8-22(24)2)18-28(26)14-32(30)37(44)31(29)13-27(25)17-35(33)40(42)47/h3-18H,19-20H2,1-2H3. The molecule has 0 amide bonds. The van der Waals surface area contributed by atoms with Gasteiger partial charge in [0.15, 0.2) is 5.43 Å². The van der Waals surface area contributed by atoms with Crippen LogP contribution in [0.2, 0.25) is 0 Å². The topological polar surface area (TPSA) is 95.2 Å². The summed E-state index contributed by atoms with van der Waals surface area (Å²) in [5.74, 6) is 0. The Bertz CT molecular complexity index is 2930. The fourth-order valence-corrected chi connectivity index (χ4v) is 7.34. The van der Waals surface area contributed by atoms with Gasteiger partial charge in [0.05, 0.1) is 34.6 Å². The fraction of sp³-hybridized carbons (Fsp3) is 0.0976. The van der Waals surface area contributed by atoms with Crippen LogP contribution < -0.4 is 27.7 Å². The summed E-state index contributed by atoms with van der Waals surface area (Å²) in [6.07, 6.45) is 0. The van der Waals surface area contributed by atoms with E-state index in [0.717, 1.165) is 43.8 Å². The van der Waals surface area contributed by atoms with E-state index in [1.807, 2.05) is 74.5 Å². The summed E-state index contributed by atoms with van der Waals surface area (Å²) >= 11 is 0. The molecule has 0 aliphatic heterocycles. The summed E-state index contributed by atoms with van der Waals surface area (Å²) in [5, 5.41) is 6.69. The molecule has 0 saturated heterocycles. The smallest absolute Gasteiger partial charge is 0.261 e. The highest BCUT2D eigenvalue weighted by atomic mass is 16.2. The van der Waals surface area contributed by atoms with Crippen LogP contribution >= 0.6 is 0 Å². The Morgan fingerprint density at radius 3 is 1.02 bits per heavy atom. The zero-order valence-corrected chi connectivity index (χ0v) is 26.1. The van der Waals surface area contributed by atoms with Gasteiger partial charge in [-0.15, -0.1) is 0 Å². The average molecular weight is 627 g/mol. The quantitative estimate of drug-likeness (QED) is 0.238. The summed E-state index contributed by atoms with van der Waals surface area (Å²) < 4.78 is 2.55. The predicted molar refractivity (Wildman–Crippen MR) is 193 cm³/mol. The van der Waals surface area contributed by atoms with E-state index in [0.29, 0.717) is 43.1 Å². The number of hydrogen-bond acceptors (Lipinski definition) is 5. The minimum absolute atomic E-state index is 0.156. The van der Waals surface area contributed by atoms with Crippen molar-refractivity contribution in [3.05, 3.63) is 171 Å². The minimum atomic E-state index is -0.351. The second-order valence-corrected chi connectivity index (χ2v) is 12.9. The van der Waals surface area contributed by atoms with Crippen molar-refractivity contribution in [2.24, 2.45) is 0 Å². The summed E-state index contributed by atoms with van der Waals surface area (Å²) in [7, 11) is 0. The van der Waals surface area contributed by atoms with Crippen molar-refractivity contribution in [2.45, 2.75) is 26.9 Å². The number of benzene rings is 6. The summed E-state index contributed by atoms with van der Waals surface area (Å²) in [5.41, 5.74) is 2.27. The molecule has 0 atom stereocenters. The minimum Gasteiger partial charge on any atom is -0.289 e. The van der Waals surface area contributed by atoms with Gasteiger partial charge in [0.2, 0.25) is 0 Å². The van der Waals surface area contributed by atoms with E-state index in [4.69, 9.17) is 0 Å². The molecule has 0 radical (unpaired) electrons. The molecule has 0 unspecified atom stereocenters. The van der Waals surface area contributed by atoms with Gasteiger partial charge in [0.25, 0.3) is 22.2 Å². The third-order valence-electron chi connectivity index (χ3n) is 10.1. The second kappa shape index (κ2) is 9.89. The molecule has 9 rings (SSSR count). The third kappa shape index (κ3) is 3.91. The highest BCUT2D eigenvalue weighted by molar-refractivity contribution is 6.20. The number of rotatable bonds is 4. The van der Waals surface area contributed by atoms with Gasteiger partial charge in [-0.05, 0) is 117 Å². The van der Waals surface area contributed by atoms with Gasteiger partial charge in [-0.3, -0.25) is 33.1 Å². The first-order chi connectivity index (χ1) is 23.2. The molecule has 0 aliphatic rings. The van der Waals surface area contributed by atoms with Crippen LogP contribution in [0.1, 0.15) is 22.3 Å². The fourth-order valence-electron chi connectivity index (χ4n) is 7.34. The van der Waals surface area contributed by atoms with E-state index >= 15 is 0 Å². The van der Waals surface area contributed by atoms with E-state index in [2.05, 4.69) is 0 Å². The molecule has 9 aromatic rings. The molecular formula is C41H26N2O5. The number of aromatic nitrogens is 2. The molecule has 7 aromatic carbocycles. The molecular weight excluding hydrogens is 600 g/mol. The Morgan fingerprint density at radius 2 is 0.688 bits per heavy atom. The molecule has 0 N–H and O–H groups in total. The van der Waals surface area contributed by atoms with Crippen LogP contribution in [0.4, 0.5) is 0 Å². The molecule has 230 valence electrons. The number of hydrogen-bond donors (Lipinski definition) is 0. The highest BCUT2D eigenvalue weighted by Gasteiger charge is 2.19. The molecule has 7 nitrogen and oxygen atoms in total. The van der Waals surface area contributed by atoms with Crippen molar-refractivity contribution in [1.82, 2.24) is 9.13 Å². The number of nitrogens with zero attached hydrogens (tertiary/aromatic N) is 2. The van der Waals surface area contributed by atoms with E-state index in [9.17, 15) is 24.0 Å². The molecule has 2 heterocycles. The Hall–Kier alpha value is -6.21. The summed E-state index contributed by atoms with van der Waals surface area (Å²) in [6, 6.07) is 29.6. The first-order valence-corrected chi connectivity index (χ1v) is 15.8. The molecule has 0 bridgehead atoms. The van der Waals surface area contributed by atoms with Crippen LogP contribution in [0.15, 0.2) is 121 Å². The van der Waals surface area contributed by atoms with Gasteiger partial charge >= 0.3 is 0 Å². The van der Waals surface area contributed by atoms with Gasteiger partial charge in [0.1, 0.15) is 0 Å². The van der Waals surface area contributed by atoms with Crippen molar-refractivity contribution in [2.75, 3.05) is 0 Å². The van der Waals surface area contributed by atoms with E-state index in [1.54, 1.807) is 36.4 Å². The first kappa shape index (κ1) is 28.0. The molecule has 0 aliphatic carbocycles. The molecule has 48 heavy (non-hydrogen) atoms. The monoisotopic (exact) mass is 626 g/mol. The highest BCUT2D eigenvalue weighted by Crippen LogP contribution is 2.33. The molecule has 0 saturated carbocycles. The lowest BCUT2D eigenvalue weighted by molar-refractivity contribution is 0.750. The Kier molecular flexibility index (Phi) is 5.78. The van der Waals surface area contributed by atoms with E-state index in [-0.39, 0.29) is 40.8 Å². The normalized spacial score (nSPS) is 12.1. The van der Waals surface area contributed by atoms with E-state index < -0.39 is 0 Å². The lowest BCUT2D eigenvalue weighted by Crippen LogP contribution is -2.26. The zero-order chi connectivity index (χ0) is 33.0. The maximum absolute atomic E-state index is 13.8. The van der Waals surface area contributed by atoms with Crippen LogP contribution in [-0.4, -0.2) is 9.13 Å². The Labute approximate surface area is 271 Å². The molecule has 0 fully saturated rings. The van der Waals surface area contributed by atoms with Gasteiger partial charge in [0, 0.05) is 10.8 Å². The maximum Gasteiger partial charge on any atom is 0.261 e. The maximum atomic E-state index is 13.8. The SMILES string of the molecule is Cc1ccccc1Cn1c(=O)c2cc3cc4c(=O)c5cc6cc7c(=O)n(Cc8ccccc8C)c(=O)c7cc6cc5c4cc3cc2c1=O. The van der Waals surface area contributed by atoms with Gasteiger partial charge in [-0.1, -0.05) is 48.5 Å². The van der Waals surface area contributed by atoms with Crippen LogP contribution in [0, 0.1) is 13.8 Å². The molecule has 0 spiro atoms. The van der Waals surface area contributed by atoms with Crippen LogP contribution in [0.25, 0.3) is 64.6 Å². The van der Waals surface area contributed by atoms with Crippen LogP contribution in [-0.2, 0) is 13.1 Å². The van der Waals surface area contributed by atoms with Crippen molar-refractivity contribution >= 4 is 64.6 Å². The average Bonchev–Trinajstić information content (AvgIpc) is 3.58. The van der Waals surface area contributed by atoms with Gasteiger partial charge in [-0.25, -0.2) is 0 Å². The summed E-state index contributed by atoms with van der Waals surface area (Å²) in [6.45, 7) is 4.28. The lowest BCUT2D eigenvalue weighted by Gasteiger charge is -2.04. The molecule has 2 aromatic heterocycles. The van der Waals surface area contributed by atoms with Crippen molar-refractivity contribution in [3.8, 4) is 0 Å². The van der Waals surface area contributed by atoms with Gasteiger partial charge in [-0.2, -0.15) is 0 Å². The van der Waals surface area contributed by atoms with Gasteiger partial charge < -0.3 is 0 Å². The second-order valence-electron chi connectivity index (χ2n) is 12.9. The first-order valence-electron chi connectivity index (χ1n) is 15.8. The largest absolute Gasteiger partial charge is 0.289 e. The van der Waals surface area contributed by atoms with Crippen LogP contribution in [0.5, 0.6) is 0 Å². The molecule has 7 heteroatoms. The van der Waals surface area contributed by atoms with E-state index in [1.165, 1.54) is 9.13 Å². The number of aryl methyl sites for hydroxylation is 2. The predicted octanol–water partition coefficient (Wildman–Crippen LogP) is 6.04. The van der Waals surface area contributed by atoms with Crippen molar-refractivity contribution < 1.29 is 0 Å². The number of fused-ring (bicyclic) bond motifs is 7. The lowest BCUT2D eigenvalue weighted by atomic mass is 10.0. The van der Waals surface area contributed by atoms with Crippen LogP contribution in [0.3, 0.4) is 0 Å². The third-order valence-corrected chi connectivity index (χ3v) is 10.1. The Morgan fingerprint density at radius 1 is 0.396 bits per heavy atom. The Balaban J connectivity index is 1.22.